The van der Waals surface area contributed by atoms with Crippen LogP contribution in [-0.4, -0.2) is 34.3 Å². The second kappa shape index (κ2) is 7.21. The van der Waals surface area contributed by atoms with Gasteiger partial charge in [-0.3, -0.25) is 15.4 Å². The Labute approximate surface area is 142 Å². The number of hydrogen-bond donors (Lipinski definition) is 4. The highest BCUT2D eigenvalue weighted by Crippen LogP contribution is 2.26. The van der Waals surface area contributed by atoms with E-state index in [9.17, 15) is 9.59 Å². The lowest BCUT2D eigenvalue weighted by Gasteiger charge is -2.32. The first-order chi connectivity index (χ1) is 11.2. The molecule has 0 aliphatic carbocycles. The molecule has 2 atom stereocenters. The molecule has 1 aliphatic heterocycles. The lowest BCUT2D eigenvalue weighted by molar-refractivity contribution is -0.125. The Kier molecular flexibility index (Phi) is 5.48. The van der Waals surface area contributed by atoms with Crippen molar-refractivity contribution in [2.45, 2.75) is 65.2 Å². The van der Waals surface area contributed by atoms with Crippen LogP contribution in [0.1, 0.15) is 59.4 Å². The molecule has 1 aromatic heterocycles. The molecule has 1 saturated heterocycles. The zero-order valence-corrected chi connectivity index (χ0v) is 15.1. The Morgan fingerprint density at radius 3 is 2.71 bits per heavy atom. The first-order valence-corrected chi connectivity index (χ1v) is 8.44. The molecule has 1 aliphatic rings. The fourth-order valence-electron chi connectivity index (χ4n) is 2.53. The first-order valence-electron chi connectivity index (χ1n) is 8.44. The summed E-state index contributed by atoms with van der Waals surface area (Å²) in [5, 5.41) is 16.4. The highest BCUT2D eigenvalue weighted by Gasteiger charge is 2.30. The van der Waals surface area contributed by atoms with Crippen LogP contribution in [0.25, 0.3) is 0 Å². The molecule has 0 bridgehead atoms. The molecule has 2 heterocycles. The number of aromatic nitrogens is 2. The van der Waals surface area contributed by atoms with Crippen molar-refractivity contribution in [3.63, 3.8) is 0 Å². The van der Waals surface area contributed by atoms with Crippen LogP contribution in [0.15, 0.2) is 6.07 Å². The molecule has 2 unspecified atom stereocenters. The first kappa shape index (κ1) is 18.3. The smallest absolute Gasteiger partial charge is 0.320 e. The van der Waals surface area contributed by atoms with Crippen LogP contribution >= 0.6 is 0 Å². The number of nitrogens with one attached hydrogen (secondary N) is 4. The molecule has 3 amide bonds. The van der Waals surface area contributed by atoms with E-state index in [4.69, 9.17) is 0 Å². The number of hydrogen-bond acceptors (Lipinski definition) is 4. The van der Waals surface area contributed by atoms with Gasteiger partial charge < -0.3 is 10.6 Å². The molecule has 0 radical (unpaired) electrons. The van der Waals surface area contributed by atoms with Gasteiger partial charge in [-0.1, -0.05) is 27.7 Å². The zero-order chi connectivity index (χ0) is 17.9. The molecule has 1 aromatic rings. The molecule has 1 fully saturated rings. The molecule has 0 spiro atoms. The van der Waals surface area contributed by atoms with Crippen molar-refractivity contribution in [1.29, 1.82) is 0 Å². The summed E-state index contributed by atoms with van der Waals surface area (Å²) in [6.45, 7) is 10.6. The Morgan fingerprint density at radius 2 is 2.12 bits per heavy atom. The van der Waals surface area contributed by atoms with E-state index >= 15 is 0 Å². The number of nitrogens with zero attached hydrogens (tertiary/aromatic N) is 2. The van der Waals surface area contributed by atoms with Gasteiger partial charge in [-0.25, -0.2) is 9.48 Å². The van der Waals surface area contributed by atoms with Crippen molar-refractivity contribution in [3.8, 4) is 0 Å². The van der Waals surface area contributed by atoms with Crippen LogP contribution in [-0.2, 0) is 10.2 Å². The van der Waals surface area contributed by atoms with Crippen LogP contribution in [0.4, 0.5) is 10.6 Å². The van der Waals surface area contributed by atoms with E-state index in [1.54, 1.807) is 4.68 Å². The Hall–Kier alpha value is -2.09. The average Bonchev–Trinajstić information content (AvgIpc) is 2.90. The summed E-state index contributed by atoms with van der Waals surface area (Å²) in [4.78, 5) is 23.9. The van der Waals surface area contributed by atoms with Gasteiger partial charge in [0, 0.05) is 30.5 Å². The van der Waals surface area contributed by atoms with Crippen molar-refractivity contribution in [2.24, 2.45) is 0 Å². The Morgan fingerprint density at radius 1 is 1.42 bits per heavy atom. The third-order valence-electron chi connectivity index (χ3n) is 3.94. The summed E-state index contributed by atoms with van der Waals surface area (Å²) in [6, 6.07) is 1.63. The summed E-state index contributed by atoms with van der Waals surface area (Å²) in [7, 11) is 0. The number of carbonyl (C=O) groups excluding carboxylic acids is 2. The third kappa shape index (κ3) is 4.25. The minimum absolute atomic E-state index is 0.0256. The molecular formula is C16H28N6O2. The number of carbonyl (C=O) groups is 2. The maximum absolute atomic E-state index is 12.0. The van der Waals surface area contributed by atoms with Crippen LogP contribution in [0.3, 0.4) is 0 Å². The molecule has 4 N–H and O–H groups in total. The average molecular weight is 336 g/mol. The van der Waals surface area contributed by atoms with E-state index in [0.29, 0.717) is 18.8 Å². The Balaban J connectivity index is 2.33. The van der Waals surface area contributed by atoms with Gasteiger partial charge in [0.05, 0.1) is 5.69 Å². The summed E-state index contributed by atoms with van der Waals surface area (Å²) in [6.07, 6.45) is 0.805. The van der Waals surface area contributed by atoms with Gasteiger partial charge in [-0.15, -0.1) is 0 Å². The maximum atomic E-state index is 12.0. The van der Waals surface area contributed by atoms with Crippen molar-refractivity contribution in [1.82, 2.24) is 25.7 Å². The molecule has 8 nitrogen and oxygen atoms in total. The van der Waals surface area contributed by atoms with Crippen molar-refractivity contribution >= 4 is 17.8 Å². The second-order valence-corrected chi connectivity index (χ2v) is 7.04. The number of anilines is 1. The summed E-state index contributed by atoms with van der Waals surface area (Å²) in [5.41, 5.74) is 0.662. The summed E-state index contributed by atoms with van der Waals surface area (Å²) in [5.74, 6) is 0.516. The molecule has 0 aromatic carbocycles. The van der Waals surface area contributed by atoms with E-state index in [1.165, 1.54) is 0 Å². The lowest BCUT2D eigenvalue weighted by Crippen LogP contribution is -2.53. The summed E-state index contributed by atoms with van der Waals surface area (Å²) < 4.78 is 1.63. The number of amides is 3. The fourth-order valence-corrected chi connectivity index (χ4v) is 2.53. The van der Waals surface area contributed by atoms with E-state index < -0.39 is 6.29 Å². The Bertz CT molecular complexity index is 604. The minimum atomic E-state index is -0.482. The predicted molar refractivity (Wildman–Crippen MR) is 92.6 cm³/mol. The monoisotopic (exact) mass is 336 g/mol. The van der Waals surface area contributed by atoms with Gasteiger partial charge in [0.25, 0.3) is 0 Å². The van der Waals surface area contributed by atoms with Crippen LogP contribution in [0.2, 0.25) is 0 Å². The fraction of sp³-hybridized carbons (Fsp3) is 0.688. The second-order valence-electron chi connectivity index (χ2n) is 7.04. The van der Waals surface area contributed by atoms with Gasteiger partial charge in [0.1, 0.15) is 5.82 Å². The minimum Gasteiger partial charge on any atom is -0.338 e. The lowest BCUT2D eigenvalue weighted by atomic mass is 9.92. The largest absolute Gasteiger partial charge is 0.338 e. The molecular weight excluding hydrogens is 308 g/mol. The quantitative estimate of drug-likeness (QED) is 0.672. The highest BCUT2D eigenvalue weighted by molar-refractivity contribution is 5.88. The van der Waals surface area contributed by atoms with Crippen LogP contribution in [0, 0.1) is 0 Å². The standard InChI is InChI=1S/C16H28N6O2/c1-6-10-8-13(23)20-14(18-10)22-12(19-15(24)17-7-2)9-11(21-22)16(3,4)5/h9-10,14,18H,6-8H2,1-5H3,(H,20,23)(H2,17,19,24). The van der Waals surface area contributed by atoms with E-state index in [-0.39, 0.29) is 23.4 Å². The molecule has 134 valence electrons. The van der Waals surface area contributed by atoms with Crippen LogP contribution in [0.5, 0.6) is 0 Å². The highest BCUT2D eigenvalue weighted by atomic mass is 16.2. The van der Waals surface area contributed by atoms with Crippen molar-refractivity contribution < 1.29 is 9.59 Å². The molecule has 24 heavy (non-hydrogen) atoms. The normalized spacial score (nSPS) is 21.3. The predicted octanol–water partition coefficient (Wildman–Crippen LogP) is 1.67. The third-order valence-corrected chi connectivity index (χ3v) is 3.94. The summed E-state index contributed by atoms with van der Waals surface area (Å²) >= 11 is 0. The molecule has 0 saturated carbocycles. The number of urea groups is 1. The van der Waals surface area contributed by atoms with Crippen molar-refractivity contribution in [2.75, 3.05) is 11.9 Å². The SMILES string of the molecule is CCNC(=O)Nc1cc(C(C)(C)C)nn1C1NC(=O)CC(CC)N1. The maximum Gasteiger partial charge on any atom is 0.320 e. The van der Waals surface area contributed by atoms with Gasteiger partial charge in [-0.2, -0.15) is 5.10 Å². The van der Waals surface area contributed by atoms with E-state index in [2.05, 4.69) is 47.1 Å². The van der Waals surface area contributed by atoms with Crippen LogP contribution < -0.4 is 21.3 Å². The molecule has 8 heteroatoms. The van der Waals surface area contributed by atoms with Gasteiger partial charge in [0.15, 0.2) is 6.29 Å². The van der Waals surface area contributed by atoms with E-state index in [0.717, 1.165) is 12.1 Å². The van der Waals surface area contributed by atoms with Gasteiger partial charge in [-0.05, 0) is 13.3 Å². The topological polar surface area (TPSA) is 100 Å². The van der Waals surface area contributed by atoms with E-state index in [1.807, 2.05) is 19.9 Å². The zero-order valence-electron chi connectivity index (χ0n) is 15.1. The van der Waals surface area contributed by atoms with Gasteiger partial charge in [0.2, 0.25) is 5.91 Å². The van der Waals surface area contributed by atoms with Gasteiger partial charge >= 0.3 is 6.03 Å². The molecule has 2 rings (SSSR count). The number of rotatable bonds is 4. The van der Waals surface area contributed by atoms with Crippen molar-refractivity contribution in [3.05, 3.63) is 11.8 Å².